The highest BCUT2D eigenvalue weighted by Crippen LogP contribution is 2.17. The first-order chi connectivity index (χ1) is 9.54. The van der Waals surface area contributed by atoms with Crippen molar-refractivity contribution in [2.45, 2.75) is 26.4 Å². The highest BCUT2D eigenvalue weighted by Gasteiger charge is 2.07. The van der Waals surface area contributed by atoms with Crippen LogP contribution < -0.4 is 10.6 Å². The molecular formula is C15H20N4O. The monoisotopic (exact) mass is 272 g/mol. The summed E-state index contributed by atoms with van der Waals surface area (Å²) >= 11 is 0. The summed E-state index contributed by atoms with van der Waals surface area (Å²) in [4.78, 5) is 11.1. The second-order valence-electron chi connectivity index (χ2n) is 4.93. The van der Waals surface area contributed by atoms with Crippen LogP contribution in [0.2, 0.25) is 0 Å². The topological polar surface area (TPSA) is 59.0 Å². The van der Waals surface area contributed by atoms with Crippen molar-refractivity contribution in [3.8, 4) is 0 Å². The fraction of sp³-hybridized carbons (Fsp3) is 0.333. The van der Waals surface area contributed by atoms with Gasteiger partial charge in [0.1, 0.15) is 0 Å². The molecule has 0 fully saturated rings. The Morgan fingerprint density at radius 1 is 1.45 bits per heavy atom. The van der Waals surface area contributed by atoms with Crippen molar-refractivity contribution in [3.05, 3.63) is 47.8 Å². The zero-order valence-corrected chi connectivity index (χ0v) is 12.1. The van der Waals surface area contributed by atoms with Crippen molar-refractivity contribution in [2.24, 2.45) is 7.05 Å². The Balaban J connectivity index is 1.97. The molecule has 1 aromatic heterocycles. The predicted octanol–water partition coefficient (Wildman–Crippen LogP) is 2.23. The van der Waals surface area contributed by atoms with Crippen LogP contribution >= 0.6 is 0 Å². The molecule has 5 nitrogen and oxygen atoms in total. The molecule has 0 aliphatic carbocycles. The van der Waals surface area contributed by atoms with E-state index in [2.05, 4.69) is 22.7 Å². The van der Waals surface area contributed by atoms with Gasteiger partial charge in [0.25, 0.3) is 0 Å². The Labute approximate surface area is 119 Å². The molecule has 1 unspecified atom stereocenters. The molecule has 0 aliphatic heterocycles. The molecule has 1 aromatic carbocycles. The Bertz CT molecular complexity index is 591. The van der Waals surface area contributed by atoms with Gasteiger partial charge in [-0.1, -0.05) is 12.1 Å². The van der Waals surface area contributed by atoms with E-state index >= 15 is 0 Å². The number of hydrogen-bond donors (Lipinski definition) is 2. The molecule has 5 heteroatoms. The van der Waals surface area contributed by atoms with Crippen LogP contribution in [0.25, 0.3) is 0 Å². The van der Waals surface area contributed by atoms with Gasteiger partial charge >= 0.3 is 0 Å². The third-order valence-corrected chi connectivity index (χ3v) is 3.08. The van der Waals surface area contributed by atoms with Gasteiger partial charge in [-0.05, 0) is 24.6 Å². The van der Waals surface area contributed by atoms with Crippen LogP contribution in [0.3, 0.4) is 0 Å². The molecule has 2 aromatic rings. The molecule has 0 spiro atoms. The van der Waals surface area contributed by atoms with Gasteiger partial charge in [0.15, 0.2) is 0 Å². The Kier molecular flexibility index (Phi) is 4.53. The zero-order valence-electron chi connectivity index (χ0n) is 12.1. The van der Waals surface area contributed by atoms with Gasteiger partial charge < -0.3 is 10.6 Å². The van der Waals surface area contributed by atoms with Gasteiger partial charge in [-0.15, -0.1) is 0 Å². The lowest BCUT2D eigenvalue weighted by Gasteiger charge is -2.15. The first-order valence-corrected chi connectivity index (χ1v) is 6.63. The van der Waals surface area contributed by atoms with Crippen LogP contribution in [-0.4, -0.2) is 15.7 Å². The predicted molar refractivity (Wildman–Crippen MR) is 79.2 cm³/mol. The minimum Gasteiger partial charge on any atom is -0.326 e. The van der Waals surface area contributed by atoms with Gasteiger partial charge in [-0.2, -0.15) is 5.10 Å². The lowest BCUT2D eigenvalue weighted by atomic mass is 10.1. The van der Waals surface area contributed by atoms with Gasteiger partial charge in [-0.3, -0.25) is 9.48 Å². The van der Waals surface area contributed by atoms with Crippen LogP contribution in [0.4, 0.5) is 5.69 Å². The minimum atomic E-state index is -0.0573. The summed E-state index contributed by atoms with van der Waals surface area (Å²) < 4.78 is 1.79. The molecule has 0 saturated carbocycles. The van der Waals surface area contributed by atoms with Crippen LogP contribution in [0.5, 0.6) is 0 Å². The summed E-state index contributed by atoms with van der Waals surface area (Å²) in [5, 5.41) is 10.4. The molecular weight excluding hydrogens is 252 g/mol. The number of benzene rings is 1. The van der Waals surface area contributed by atoms with Crippen LogP contribution in [0.15, 0.2) is 36.7 Å². The van der Waals surface area contributed by atoms with Crippen molar-refractivity contribution >= 4 is 11.6 Å². The number of aryl methyl sites for hydroxylation is 1. The summed E-state index contributed by atoms with van der Waals surface area (Å²) in [5.74, 6) is -0.0573. The van der Waals surface area contributed by atoms with E-state index in [1.54, 1.807) is 4.68 Å². The molecule has 0 bridgehead atoms. The molecule has 2 N–H and O–H groups in total. The third-order valence-electron chi connectivity index (χ3n) is 3.08. The average molecular weight is 272 g/mol. The number of aromatic nitrogens is 2. The van der Waals surface area contributed by atoms with Crippen molar-refractivity contribution in [2.75, 3.05) is 5.32 Å². The van der Waals surface area contributed by atoms with Crippen molar-refractivity contribution in [1.29, 1.82) is 0 Å². The SMILES string of the molecule is CC(=O)Nc1cccc(C(C)NCc2cnn(C)c2)c1. The Hall–Kier alpha value is -2.14. The summed E-state index contributed by atoms with van der Waals surface area (Å²) in [6, 6.07) is 8.07. The maximum atomic E-state index is 11.1. The molecule has 0 radical (unpaired) electrons. The van der Waals surface area contributed by atoms with Gasteiger partial charge in [0.2, 0.25) is 5.91 Å². The number of anilines is 1. The minimum absolute atomic E-state index is 0.0573. The molecule has 1 atom stereocenters. The summed E-state index contributed by atoms with van der Waals surface area (Å²) in [7, 11) is 1.91. The number of carbonyl (C=O) groups excluding carboxylic acids is 1. The summed E-state index contributed by atoms with van der Waals surface area (Å²) in [6.45, 7) is 4.37. The maximum absolute atomic E-state index is 11.1. The van der Waals surface area contributed by atoms with Crippen molar-refractivity contribution < 1.29 is 4.79 Å². The van der Waals surface area contributed by atoms with E-state index in [9.17, 15) is 4.79 Å². The fourth-order valence-corrected chi connectivity index (χ4v) is 2.04. The third kappa shape index (κ3) is 3.93. The lowest BCUT2D eigenvalue weighted by Crippen LogP contribution is -2.18. The highest BCUT2D eigenvalue weighted by molar-refractivity contribution is 5.88. The second kappa shape index (κ2) is 6.34. The number of nitrogens with one attached hydrogen (secondary N) is 2. The average Bonchev–Trinajstić information content (AvgIpc) is 2.81. The van der Waals surface area contributed by atoms with Crippen LogP contribution in [-0.2, 0) is 18.4 Å². The van der Waals surface area contributed by atoms with Gasteiger partial charge in [0.05, 0.1) is 6.20 Å². The summed E-state index contributed by atoms with van der Waals surface area (Å²) in [5.41, 5.74) is 3.11. The smallest absolute Gasteiger partial charge is 0.221 e. The fourth-order valence-electron chi connectivity index (χ4n) is 2.04. The molecule has 0 aliphatic rings. The Morgan fingerprint density at radius 3 is 2.90 bits per heavy atom. The van der Waals surface area contributed by atoms with E-state index < -0.39 is 0 Å². The molecule has 106 valence electrons. The maximum Gasteiger partial charge on any atom is 0.221 e. The van der Waals surface area contributed by atoms with Crippen LogP contribution in [0, 0.1) is 0 Å². The Morgan fingerprint density at radius 2 is 2.25 bits per heavy atom. The van der Waals surface area contributed by atoms with E-state index in [-0.39, 0.29) is 11.9 Å². The van der Waals surface area contributed by atoms with E-state index in [0.29, 0.717) is 0 Å². The van der Waals surface area contributed by atoms with Crippen molar-refractivity contribution in [3.63, 3.8) is 0 Å². The molecule has 1 amide bonds. The summed E-state index contributed by atoms with van der Waals surface area (Å²) in [6.07, 6.45) is 3.85. The van der Waals surface area contributed by atoms with E-state index in [4.69, 9.17) is 0 Å². The molecule has 1 heterocycles. The highest BCUT2D eigenvalue weighted by atomic mass is 16.1. The van der Waals surface area contributed by atoms with E-state index in [0.717, 1.165) is 23.4 Å². The van der Waals surface area contributed by atoms with E-state index in [1.165, 1.54) is 6.92 Å². The molecule has 20 heavy (non-hydrogen) atoms. The largest absolute Gasteiger partial charge is 0.326 e. The first-order valence-electron chi connectivity index (χ1n) is 6.63. The number of rotatable bonds is 5. The van der Waals surface area contributed by atoms with Crippen LogP contribution in [0.1, 0.15) is 31.0 Å². The number of carbonyl (C=O) groups is 1. The standard InChI is InChI=1S/C15H20N4O/c1-11(16-8-13-9-17-19(3)10-13)14-5-4-6-15(7-14)18-12(2)20/h4-7,9-11,16H,8H2,1-3H3,(H,18,20). The zero-order chi connectivity index (χ0) is 14.5. The lowest BCUT2D eigenvalue weighted by molar-refractivity contribution is -0.114. The number of hydrogen-bond acceptors (Lipinski definition) is 3. The molecule has 0 saturated heterocycles. The normalized spacial score (nSPS) is 12.2. The number of nitrogens with zero attached hydrogens (tertiary/aromatic N) is 2. The molecule has 2 rings (SSSR count). The van der Waals surface area contributed by atoms with Gasteiger partial charge in [0, 0.05) is 44.0 Å². The number of amides is 1. The quantitative estimate of drug-likeness (QED) is 0.877. The van der Waals surface area contributed by atoms with E-state index in [1.807, 2.05) is 43.7 Å². The van der Waals surface area contributed by atoms with Gasteiger partial charge in [-0.25, -0.2) is 0 Å². The van der Waals surface area contributed by atoms with Crippen molar-refractivity contribution in [1.82, 2.24) is 15.1 Å². The second-order valence-corrected chi connectivity index (χ2v) is 4.93. The first kappa shape index (κ1) is 14.3.